The standard InChI is InChI=1S/C22H29N3O5S/c1-23-22(26)25(27)14-6-16-30-20-10-11-21-19(17-20)12-15-24(31(21,28)29)13-5-9-18-7-3-2-4-8-18/h2-4,7-8,10-11,17,27H,5-6,9,12-16H2,1H3,(H,23,26). The SMILES string of the molecule is CNC(=O)N(O)CCCOc1ccc2c(c1)CCN(CCCc1ccccc1)S2(=O)=O. The Morgan fingerprint density at radius 1 is 1.19 bits per heavy atom. The maximum Gasteiger partial charge on any atom is 0.340 e. The molecule has 31 heavy (non-hydrogen) atoms. The first kappa shape index (κ1) is 23.1. The number of nitrogens with zero attached hydrogens (tertiary/aromatic N) is 2. The van der Waals surface area contributed by atoms with Crippen LogP contribution in [0.1, 0.15) is 24.0 Å². The van der Waals surface area contributed by atoms with Gasteiger partial charge in [-0.15, -0.1) is 0 Å². The molecule has 1 heterocycles. The third kappa shape index (κ3) is 5.96. The number of hydrogen-bond acceptors (Lipinski definition) is 5. The summed E-state index contributed by atoms with van der Waals surface area (Å²) in [7, 11) is -2.07. The Kier molecular flexibility index (Phi) is 7.89. The van der Waals surface area contributed by atoms with E-state index in [1.807, 2.05) is 18.2 Å². The molecule has 1 aliphatic heterocycles. The summed E-state index contributed by atoms with van der Waals surface area (Å²) >= 11 is 0. The molecule has 0 saturated heterocycles. The van der Waals surface area contributed by atoms with Gasteiger partial charge >= 0.3 is 6.03 Å². The summed E-state index contributed by atoms with van der Waals surface area (Å²) in [6.45, 7) is 1.39. The monoisotopic (exact) mass is 447 g/mol. The summed E-state index contributed by atoms with van der Waals surface area (Å²) in [4.78, 5) is 11.6. The van der Waals surface area contributed by atoms with E-state index in [1.54, 1.807) is 22.5 Å². The Balaban J connectivity index is 1.53. The number of carbonyl (C=O) groups excluding carboxylic acids is 1. The van der Waals surface area contributed by atoms with Gasteiger partial charge in [0.1, 0.15) is 5.75 Å². The van der Waals surface area contributed by atoms with Crippen LogP contribution >= 0.6 is 0 Å². The van der Waals surface area contributed by atoms with E-state index in [0.717, 1.165) is 18.4 Å². The number of hydrogen-bond donors (Lipinski definition) is 2. The van der Waals surface area contributed by atoms with Crippen LogP contribution < -0.4 is 10.1 Å². The first-order chi connectivity index (χ1) is 14.9. The van der Waals surface area contributed by atoms with Gasteiger partial charge in [0.2, 0.25) is 10.0 Å². The third-order valence-corrected chi connectivity index (χ3v) is 7.23. The molecule has 2 N–H and O–H groups in total. The first-order valence-electron chi connectivity index (χ1n) is 10.4. The van der Waals surface area contributed by atoms with Crippen LogP contribution in [0.3, 0.4) is 0 Å². The number of hydroxylamine groups is 2. The highest BCUT2D eigenvalue weighted by atomic mass is 32.2. The molecule has 9 heteroatoms. The van der Waals surface area contributed by atoms with Crippen molar-refractivity contribution in [1.29, 1.82) is 0 Å². The molecule has 0 saturated carbocycles. The molecule has 0 aromatic heterocycles. The van der Waals surface area contributed by atoms with E-state index in [0.29, 0.717) is 48.2 Å². The number of aryl methyl sites for hydroxylation is 1. The second-order valence-electron chi connectivity index (χ2n) is 7.39. The molecule has 2 aromatic carbocycles. The van der Waals surface area contributed by atoms with E-state index in [-0.39, 0.29) is 6.54 Å². The van der Waals surface area contributed by atoms with E-state index in [1.165, 1.54) is 12.6 Å². The number of fused-ring (bicyclic) bond motifs is 1. The summed E-state index contributed by atoms with van der Waals surface area (Å²) in [5, 5.41) is 12.4. The molecule has 0 atom stereocenters. The van der Waals surface area contributed by atoms with Gasteiger partial charge in [0.25, 0.3) is 0 Å². The number of carbonyl (C=O) groups is 1. The number of rotatable bonds is 9. The molecule has 0 radical (unpaired) electrons. The zero-order valence-electron chi connectivity index (χ0n) is 17.7. The molecule has 3 rings (SSSR count). The van der Waals surface area contributed by atoms with Crippen LogP contribution in [0.5, 0.6) is 5.75 Å². The summed E-state index contributed by atoms with van der Waals surface area (Å²) in [5.41, 5.74) is 1.96. The quantitative estimate of drug-likeness (QED) is 0.350. The van der Waals surface area contributed by atoms with Crippen molar-refractivity contribution in [3.63, 3.8) is 0 Å². The van der Waals surface area contributed by atoms with Crippen molar-refractivity contribution in [2.45, 2.75) is 30.6 Å². The zero-order chi connectivity index (χ0) is 22.3. The van der Waals surface area contributed by atoms with Crippen molar-refractivity contribution >= 4 is 16.1 Å². The van der Waals surface area contributed by atoms with Gasteiger partial charge in [-0.05, 0) is 48.6 Å². The highest BCUT2D eigenvalue weighted by Crippen LogP contribution is 2.29. The number of nitrogens with one attached hydrogen (secondary N) is 1. The Morgan fingerprint density at radius 2 is 1.97 bits per heavy atom. The minimum absolute atomic E-state index is 0.136. The van der Waals surface area contributed by atoms with Crippen molar-refractivity contribution in [1.82, 2.24) is 14.7 Å². The molecular weight excluding hydrogens is 418 g/mol. The predicted molar refractivity (Wildman–Crippen MR) is 117 cm³/mol. The molecule has 0 aliphatic carbocycles. The maximum atomic E-state index is 13.0. The van der Waals surface area contributed by atoms with Crippen molar-refractivity contribution < 1.29 is 23.2 Å². The number of urea groups is 1. The molecule has 0 bridgehead atoms. The highest BCUT2D eigenvalue weighted by Gasteiger charge is 2.31. The van der Waals surface area contributed by atoms with Crippen molar-refractivity contribution in [3.05, 3.63) is 59.7 Å². The van der Waals surface area contributed by atoms with E-state index in [2.05, 4.69) is 17.4 Å². The summed E-state index contributed by atoms with van der Waals surface area (Å²) in [5.74, 6) is 0.580. The van der Waals surface area contributed by atoms with E-state index in [4.69, 9.17) is 4.74 Å². The van der Waals surface area contributed by atoms with Crippen LogP contribution in [0.2, 0.25) is 0 Å². The lowest BCUT2D eigenvalue weighted by Crippen LogP contribution is -2.38. The molecule has 2 aromatic rings. The fourth-order valence-electron chi connectivity index (χ4n) is 3.57. The smallest absolute Gasteiger partial charge is 0.340 e. The predicted octanol–water partition coefficient (Wildman–Crippen LogP) is 2.67. The average molecular weight is 448 g/mol. The van der Waals surface area contributed by atoms with Gasteiger partial charge in [0.15, 0.2) is 0 Å². The van der Waals surface area contributed by atoms with E-state index < -0.39 is 16.1 Å². The van der Waals surface area contributed by atoms with Crippen molar-refractivity contribution in [2.24, 2.45) is 0 Å². The summed E-state index contributed by atoms with van der Waals surface area (Å²) < 4.78 is 33.2. The highest BCUT2D eigenvalue weighted by molar-refractivity contribution is 7.89. The van der Waals surface area contributed by atoms with Crippen LogP contribution in [0.4, 0.5) is 4.79 Å². The van der Waals surface area contributed by atoms with Crippen LogP contribution in [-0.2, 0) is 22.9 Å². The number of benzene rings is 2. The van der Waals surface area contributed by atoms with Crippen LogP contribution in [-0.4, -0.2) is 62.3 Å². The van der Waals surface area contributed by atoms with Gasteiger partial charge in [0, 0.05) is 26.6 Å². The fraction of sp³-hybridized carbons (Fsp3) is 0.409. The van der Waals surface area contributed by atoms with Crippen LogP contribution in [0.15, 0.2) is 53.4 Å². The van der Waals surface area contributed by atoms with Crippen molar-refractivity contribution in [2.75, 3.05) is 33.3 Å². The Labute approximate surface area is 183 Å². The number of sulfonamides is 1. The third-order valence-electron chi connectivity index (χ3n) is 5.23. The Hall–Kier alpha value is -2.62. The molecule has 8 nitrogen and oxygen atoms in total. The fourth-order valence-corrected chi connectivity index (χ4v) is 5.28. The van der Waals surface area contributed by atoms with Gasteiger partial charge in [-0.3, -0.25) is 5.21 Å². The topological polar surface area (TPSA) is 99.2 Å². The number of amides is 2. The normalized spacial score (nSPS) is 15.2. The Bertz CT molecular complexity index is 982. The lowest BCUT2D eigenvalue weighted by atomic mass is 10.1. The van der Waals surface area contributed by atoms with Gasteiger partial charge in [-0.2, -0.15) is 4.31 Å². The first-order valence-corrected chi connectivity index (χ1v) is 11.8. The molecule has 168 valence electrons. The summed E-state index contributed by atoms with van der Waals surface area (Å²) in [6.07, 6.45) is 2.70. The molecule has 2 amide bonds. The van der Waals surface area contributed by atoms with E-state index in [9.17, 15) is 18.4 Å². The van der Waals surface area contributed by atoms with Gasteiger partial charge in [-0.25, -0.2) is 18.3 Å². The largest absolute Gasteiger partial charge is 0.494 e. The minimum atomic E-state index is -3.51. The number of ether oxygens (including phenoxy) is 1. The molecule has 0 spiro atoms. The van der Waals surface area contributed by atoms with Gasteiger partial charge < -0.3 is 10.1 Å². The van der Waals surface area contributed by atoms with E-state index >= 15 is 0 Å². The zero-order valence-corrected chi connectivity index (χ0v) is 18.5. The average Bonchev–Trinajstić information content (AvgIpc) is 2.78. The molecule has 0 fully saturated rings. The van der Waals surface area contributed by atoms with Gasteiger partial charge in [-0.1, -0.05) is 30.3 Å². The van der Waals surface area contributed by atoms with Crippen LogP contribution in [0, 0.1) is 0 Å². The van der Waals surface area contributed by atoms with Crippen molar-refractivity contribution in [3.8, 4) is 5.75 Å². The maximum absolute atomic E-state index is 13.0. The molecular formula is C22H29N3O5S. The van der Waals surface area contributed by atoms with Crippen LogP contribution in [0.25, 0.3) is 0 Å². The second kappa shape index (κ2) is 10.6. The second-order valence-corrected chi connectivity index (χ2v) is 9.30. The molecule has 0 unspecified atom stereocenters. The van der Waals surface area contributed by atoms with Gasteiger partial charge in [0.05, 0.1) is 18.0 Å². The molecule has 1 aliphatic rings. The lowest BCUT2D eigenvalue weighted by Gasteiger charge is -2.28. The Morgan fingerprint density at radius 3 is 2.71 bits per heavy atom. The summed E-state index contributed by atoms with van der Waals surface area (Å²) in [6, 6.07) is 14.5. The minimum Gasteiger partial charge on any atom is -0.494 e. The lowest BCUT2D eigenvalue weighted by molar-refractivity contribution is -0.0448.